The predicted molar refractivity (Wildman–Crippen MR) is 109 cm³/mol. The molecule has 0 atom stereocenters. The van der Waals surface area contributed by atoms with E-state index in [4.69, 9.17) is 4.52 Å². The van der Waals surface area contributed by atoms with Gasteiger partial charge in [-0.2, -0.15) is 4.98 Å². The minimum atomic E-state index is 0.135. The van der Waals surface area contributed by atoms with Gasteiger partial charge in [-0.05, 0) is 43.5 Å². The fourth-order valence-electron chi connectivity index (χ4n) is 3.45. The minimum absolute atomic E-state index is 0.135. The van der Waals surface area contributed by atoms with Crippen LogP contribution in [0.25, 0.3) is 10.7 Å². The van der Waals surface area contributed by atoms with Gasteiger partial charge < -0.3 is 9.42 Å². The van der Waals surface area contributed by atoms with E-state index >= 15 is 0 Å². The number of piperazine rings is 1. The van der Waals surface area contributed by atoms with Gasteiger partial charge in [-0.1, -0.05) is 28.9 Å². The van der Waals surface area contributed by atoms with Crippen molar-refractivity contribution in [1.82, 2.24) is 19.9 Å². The van der Waals surface area contributed by atoms with Gasteiger partial charge in [0.15, 0.2) is 0 Å². The second-order valence-electron chi connectivity index (χ2n) is 7.10. The molecule has 28 heavy (non-hydrogen) atoms. The van der Waals surface area contributed by atoms with Crippen LogP contribution in [0.2, 0.25) is 0 Å². The van der Waals surface area contributed by atoms with E-state index in [0.717, 1.165) is 61.6 Å². The Labute approximate surface area is 168 Å². The number of nitrogens with zero attached hydrogens (tertiary/aromatic N) is 4. The van der Waals surface area contributed by atoms with Crippen molar-refractivity contribution in [2.75, 3.05) is 32.7 Å². The minimum Gasteiger partial charge on any atom is -0.339 e. The molecule has 7 heteroatoms. The number of thiophene rings is 1. The third kappa shape index (κ3) is 4.48. The summed E-state index contributed by atoms with van der Waals surface area (Å²) in [5.74, 6) is 1.50. The summed E-state index contributed by atoms with van der Waals surface area (Å²) < 4.78 is 5.36. The Morgan fingerprint density at radius 3 is 2.79 bits per heavy atom. The lowest BCUT2D eigenvalue weighted by molar-refractivity contribution is 0.0635. The molecule has 0 aliphatic carbocycles. The van der Waals surface area contributed by atoms with Gasteiger partial charge in [0.1, 0.15) is 0 Å². The number of aromatic nitrogens is 2. The van der Waals surface area contributed by atoms with Gasteiger partial charge in [-0.3, -0.25) is 9.69 Å². The Morgan fingerprint density at radius 1 is 1.18 bits per heavy atom. The molecule has 4 rings (SSSR count). The Bertz CT molecular complexity index is 914. The highest BCUT2D eigenvalue weighted by Crippen LogP contribution is 2.21. The average Bonchev–Trinajstić information content (AvgIpc) is 3.40. The summed E-state index contributed by atoms with van der Waals surface area (Å²) in [6.45, 7) is 6.35. The molecule has 3 aromatic rings. The average molecular weight is 397 g/mol. The Balaban J connectivity index is 1.21. The molecule has 1 amide bonds. The highest BCUT2D eigenvalue weighted by molar-refractivity contribution is 7.13. The number of carbonyl (C=O) groups is 1. The van der Waals surface area contributed by atoms with Crippen LogP contribution in [0, 0.1) is 6.92 Å². The van der Waals surface area contributed by atoms with Crippen molar-refractivity contribution in [1.29, 1.82) is 0 Å². The molecule has 3 heterocycles. The lowest BCUT2D eigenvalue weighted by atomic mass is 10.1. The molecule has 6 nitrogen and oxygen atoms in total. The van der Waals surface area contributed by atoms with E-state index < -0.39 is 0 Å². The Morgan fingerprint density at radius 2 is 2.04 bits per heavy atom. The summed E-state index contributed by atoms with van der Waals surface area (Å²) in [7, 11) is 0. The summed E-state index contributed by atoms with van der Waals surface area (Å²) in [4.78, 5) is 22.5. The molecule has 0 radical (unpaired) electrons. The number of carbonyl (C=O) groups excluding carboxylic acids is 1. The molecule has 0 spiro atoms. The van der Waals surface area contributed by atoms with E-state index in [-0.39, 0.29) is 5.91 Å². The van der Waals surface area contributed by atoms with Crippen molar-refractivity contribution in [3.8, 4) is 10.7 Å². The molecule has 0 unspecified atom stereocenters. The van der Waals surface area contributed by atoms with Crippen LogP contribution in [0.1, 0.15) is 28.2 Å². The zero-order chi connectivity index (χ0) is 19.3. The fourth-order valence-corrected chi connectivity index (χ4v) is 4.10. The maximum absolute atomic E-state index is 12.6. The van der Waals surface area contributed by atoms with Gasteiger partial charge in [-0.25, -0.2) is 0 Å². The molecular formula is C21H24N4O2S. The van der Waals surface area contributed by atoms with E-state index in [2.05, 4.69) is 15.0 Å². The van der Waals surface area contributed by atoms with E-state index in [0.29, 0.717) is 11.7 Å². The first-order chi connectivity index (χ1) is 13.7. The molecule has 1 aliphatic heterocycles. The van der Waals surface area contributed by atoms with Crippen molar-refractivity contribution in [3.63, 3.8) is 0 Å². The standard InChI is InChI=1S/C21H24N4O2S/c1-16-5-2-6-17(15-16)21(26)25-12-10-24(11-13-25)9-3-8-19-22-20(23-27-19)18-7-4-14-28-18/h2,4-7,14-15H,3,8-13H2,1H3. The molecular weight excluding hydrogens is 372 g/mol. The van der Waals surface area contributed by atoms with E-state index in [9.17, 15) is 4.79 Å². The monoisotopic (exact) mass is 396 g/mol. The first kappa shape index (κ1) is 18.8. The van der Waals surface area contributed by atoms with Crippen molar-refractivity contribution in [2.45, 2.75) is 19.8 Å². The lowest BCUT2D eigenvalue weighted by Crippen LogP contribution is -2.48. The second kappa shape index (κ2) is 8.67. The summed E-state index contributed by atoms with van der Waals surface area (Å²) in [6, 6.07) is 11.8. The number of hydrogen-bond donors (Lipinski definition) is 0. The summed E-state index contributed by atoms with van der Waals surface area (Å²) in [6.07, 6.45) is 1.75. The molecule has 146 valence electrons. The maximum atomic E-state index is 12.6. The van der Waals surface area contributed by atoms with Crippen LogP contribution < -0.4 is 0 Å². The summed E-state index contributed by atoms with van der Waals surface area (Å²) >= 11 is 1.61. The molecule has 2 aromatic heterocycles. The van der Waals surface area contributed by atoms with E-state index in [1.165, 1.54) is 0 Å². The van der Waals surface area contributed by atoms with Gasteiger partial charge in [-0.15, -0.1) is 11.3 Å². The van der Waals surface area contributed by atoms with Crippen molar-refractivity contribution in [3.05, 3.63) is 58.8 Å². The number of amides is 1. The molecule has 1 saturated heterocycles. The first-order valence-electron chi connectivity index (χ1n) is 9.64. The largest absolute Gasteiger partial charge is 0.339 e. The van der Waals surface area contributed by atoms with E-state index in [1.54, 1.807) is 11.3 Å². The van der Waals surface area contributed by atoms with Gasteiger partial charge >= 0.3 is 0 Å². The van der Waals surface area contributed by atoms with Crippen LogP contribution in [0.3, 0.4) is 0 Å². The Kier molecular flexibility index (Phi) is 5.83. The smallest absolute Gasteiger partial charge is 0.253 e. The number of aryl methyl sites for hydroxylation is 2. The molecule has 0 N–H and O–H groups in total. The molecule has 1 fully saturated rings. The fraction of sp³-hybridized carbons (Fsp3) is 0.381. The maximum Gasteiger partial charge on any atom is 0.253 e. The summed E-state index contributed by atoms with van der Waals surface area (Å²) in [5, 5.41) is 6.06. The number of rotatable bonds is 6. The molecule has 0 bridgehead atoms. The zero-order valence-electron chi connectivity index (χ0n) is 16.0. The van der Waals surface area contributed by atoms with Gasteiger partial charge in [0, 0.05) is 38.2 Å². The predicted octanol–water partition coefficient (Wildman–Crippen LogP) is 3.50. The van der Waals surface area contributed by atoms with E-state index in [1.807, 2.05) is 53.6 Å². The number of benzene rings is 1. The molecule has 0 saturated carbocycles. The second-order valence-corrected chi connectivity index (χ2v) is 8.04. The van der Waals surface area contributed by atoms with Gasteiger partial charge in [0.05, 0.1) is 4.88 Å². The molecule has 1 aromatic carbocycles. The van der Waals surface area contributed by atoms with Crippen LogP contribution in [0.5, 0.6) is 0 Å². The van der Waals surface area contributed by atoms with Crippen LogP contribution in [0.4, 0.5) is 0 Å². The van der Waals surface area contributed by atoms with Crippen LogP contribution in [-0.4, -0.2) is 58.6 Å². The van der Waals surface area contributed by atoms with Crippen LogP contribution >= 0.6 is 11.3 Å². The quantitative estimate of drug-likeness (QED) is 0.638. The highest BCUT2D eigenvalue weighted by Gasteiger charge is 2.22. The normalized spacial score (nSPS) is 15.1. The third-order valence-corrected chi connectivity index (χ3v) is 5.86. The van der Waals surface area contributed by atoms with Crippen molar-refractivity contribution in [2.24, 2.45) is 0 Å². The first-order valence-corrected chi connectivity index (χ1v) is 10.5. The Hall–Kier alpha value is -2.51. The van der Waals surface area contributed by atoms with Gasteiger partial charge in [0.25, 0.3) is 5.91 Å². The van der Waals surface area contributed by atoms with Crippen LogP contribution in [-0.2, 0) is 6.42 Å². The topological polar surface area (TPSA) is 62.5 Å². The highest BCUT2D eigenvalue weighted by atomic mass is 32.1. The van der Waals surface area contributed by atoms with Gasteiger partial charge in [0.2, 0.25) is 11.7 Å². The number of hydrogen-bond acceptors (Lipinski definition) is 6. The summed E-state index contributed by atoms with van der Waals surface area (Å²) in [5.41, 5.74) is 1.90. The molecule has 1 aliphatic rings. The SMILES string of the molecule is Cc1cccc(C(=O)N2CCN(CCCc3nc(-c4cccs4)no3)CC2)c1. The van der Waals surface area contributed by atoms with Crippen LogP contribution in [0.15, 0.2) is 46.3 Å². The zero-order valence-corrected chi connectivity index (χ0v) is 16.8. The lowest BCUT2D eigenvalue weighted by Gasteiger charge is -2.34. The van der Waals surface area contributed by atoms with Crippen molar-refractivity contribution < 1.29 is 9.32 Å². The van der Waals surface area contributed by atoms with Crippen molar-refractivity contribution >= 4 is 17.2 Å². The third-order valence-electron chi connectivity index (χ3n) is 5.00.